The average molecular weight is 454 g/mol. The van der Waals surface area contributed by atoms with Crippen molar-refractivity contribution >= 4 is 22.6 Å². The number of benzene rings is 1. The van der Waals surface area contributed by atoms with Crippen LogP contribution < -0.4 is 5.56 Å². The zero-order valence-corrected chi connectivity index (χ0v) is 17.8. The monoisotopic (exact) mass is 453 g/mol. The summed E-state index contributed by atoms with van der Waals surface area (Å²) >= 11 is 6.06. The molecule has 3 aromatic rings. The molecule has 0 radical (unpaired) electrons. The maximum atomic E-state index is 12.6. The number of imidazole rings is 1. The van der Waals surface area contributed by atoms with E-state index in [4.69, 9.17) is 16.6 Å². The third-order valence-corrected chi connectivity index (χ3v) is 6.07. The zero-order chi connectivity index (χ0) is 22.2. The molecule has 2 heterocycles. The fraction of sp³-hybridized carbons (Fsp3) is 0.455. The largest absolute Gasteiger partial charge is 0.522 e. The van der Waals surface area contributed by atoms with Crippen molar-refractivity contribution in [2.24, 2.45) is 7.05 Å². The van der Waals surface area contributed by atoms with E-state index >= 15 is 0 Å². The maximum Gasteiger partial charge on any atom is 0.522 e. The van der Waals surface area contributed by atoms with Gasteiger partial charge in [0.2, 0.25) is 0 Å². The van der Waals surface area contributed by atoms with E-state index in [1.165, 1.54) is 11.0 Å². The molecule has 0 saturated heterocycles. The zero-order valence-electron chi connectivity index (χ0n) is 17.1. The van der Waals surface area contributed by atoms with Crippen molar-refractivity contribution in [3.05, 3.63) is 51.7 Å². The summed E-state index contributed by atoms with van der Waals surface area (Å²) in [4.78, 5) is 16.7. The van der Waals surface area contributed by atoms with Crippen LogP contribution >= 0.6 is 11.6 Å². The number of rotatable bonds is 5. The van der Waals surface area contributed by atoms with Crippen molar-refractivity contribution in [1.29, 1.82) is 0 Å². The van der Waals surface area contributed by atoms with Gasteiger partial charge in [-0.25, -0.2) is 4.98 Å². The Labute approximate surface area is 182 Å². The highest BCUT2D eigenvalue weighted by Gasteiger charge is 2.29. The highest BCUT2D eigenvalue weighted by molar-refractivity contribution is 6.30. The third-order valence-electron chi connectivity index (χ3n) is 5.80. The number of hydrogen-bond acceptors (Lipinski definition) is 3. The van der Waals surface area contributed by atoms with Crippen molar-refractivity contribution in [1.82, 2.24) is 14.1 Å². The lowest BCUT2D eigenvalue weighted by atomic mass is 9.88. The molecule has 9 heteroatoms. The Kier molecular flexibility index (Phi) is 6.12. The lowest BCUT2D eigenvalue weighted by Gasteiger charge is -2.22. The molecule has 0 N–H and O–H groups in total. The van der Waals surface area contributed by atoms with Crippen LogP contribution in [0.5, 0.6) is 0 Å². The molecular weight excluding hydrogens is 431 g/mol. The second-order valence-electron chi connectivity index (χ2n) is 7.95. The number of aryl methyl sites for hydroxylation is 1. The fourth-order valence-corrected chi connectivity index (χ4v) is 4.56. The van der Waals surface area contributed by atoms with Gasteiger partial charge in [-0.15, -0.1) is 13.2 Å². The van der Waals surface area contributed by atoms with Crippen molar-refractivity contribution in [2.45, 2.75) is 50.9 Å². The predicted octanol–water partition coefficient (Wildman–Crippen LogP) is 5.64. The van der Waals surface area contributed by atoms with Gasteiger partial charge in [-0.05, 0) is 42.2 Å². The van der Waals surface area contributed by atoms with E-state index in [0.29, 0.717) is 0 Å². The Balaban J connectivity index is 1.77. The first kappa shape index (κ1) is 21.9. The number of nitrogens with zero attached hydrogens (tertiary/aromatic N) is 3. The molecule has 5 nitrogen and oxygen atoms in total. The number of pyridine rings is 1. The van der Waals surface area contributed by atoms with E-state index in [1.807, 2.05) is 22.8 Å². The average Bonchev–Trinajstić information content (AvgIpc) is 3.09. The van der Waals surface area contributed by atoms with Crippen molar-refractivity contribution in [3.63, 3.8) is 0 Å². The quantitative estimate of drug-likeness (QED) is 0.502. The molecule has 0 spiro atoms. The molecule has 1 aliphatic carbocycles. The lowest BCUT2D eigenvalue weighted by Crippen LogP contribution is -2.19. The van der Waals surface area contributed by atoms with Crippen LogP contribution in [-0.4, -0.2) is 27.1 Å². The Bertz CT molecular complexity index is 1120. The molecule has 0 bridgehead atoms. The summed E-state index contributed by atoms with van der Waals surface area (Å²) in [7, 11) is 1.62. The summed E-state index contributed by atoms with van der Waals surface area (Å²) in [5, 5.41) is 0.107. The van der Waals surface area contributed by atoms with Crippen molar-refractivity contribution in [3.8, 4) is 11.1 Å². The minimum absolute atomic E-state index is 0.0549. The second kappa shape index (κ2) is 8.67. The number of halogens is 4. The van der Waals surface area contributed by atoms with Gasteiger partial charge in [0, 0.05) is 25.7 Å². The normalized spacial score (nSPS) is 15.6. The molecule has 31 heavy (non-hydrogen) atoms. The molecule has 2 aromatic heterocycles. The molecule has 1 fully saturated rings. The van der Waals surface area contributed by atoms with Crippen LogP contribution in [0.4, 0.5) is 13.2 Å². The van der Waals surface area contributed by atoms with Crippen LogP contribution in [0.2, 0.25) is 5.02 Å². The highest BCUT2D eigenvalue weighted by atomic mass is 35.5. The Morgan fingerprint density at radius 3 is 2.58 bits per heavy atom. The van der Waals surface area contributed by atoms with Gasteiger partial charge in [-0.2, -0.15) is 0 Å². The Hall–Kier alpha value is -2.32. The maximum absolute atomic E-state index is 12.6. The minimum atomic E-state index is -4.67. The SMILES string of the molecule is Cn1cc(-c2ccc3nc(C4CCCCC4)n(CCOC(F)(F)F)c3c2)cc(Cl)c1=O. The van der Waals surface area contributed by atoms with Gasteiger partial charge in [-0.1, -0.05) is 36.9 Å². The van der Waals surface area contributed by atoms with Gasteiger partial charge in [0.05, 0.1) is 17.6 Å². The summed E-state index contributed by atoms with van der Waals surface area (Å²) < 4.78 is 45.0. The van der Waals surface area contributed by atoms with Crippen molar-refractivity contribution < 1.29 is 17.9 Å². The highest BCUT2D eigenvalue weighted by Crippen LogP contribution is 2.35. The first-order valence-corrected chi connectivity index (χ1v) is 10.7. The summed E-state index contributed by atoms with van der Waals surface area (Å²) in [6.45, 7) is -0.427. The molecule has 0 unspecified atom stereocenters. The molecule has 0 amide bonds. The summed E-state index contributed by atoms with van der Waals surface area (Å²) in [6.07, 6.45) is 2.33. The molecule has 1 aromatic carbocycles. The summed E-state index contributed by atoms with van der Waals surface area (Å²) in [5.41, 5.74) is 2.73. The molecule has 4 rings (SSSR count). The van der Waals surface area contributed by atoms with E-state index in [2.05, 4.69) is 4.74 Å². The van der Waals surface area contributed by atoms with Gasteiger partial charge < -0.3 is 9.13 Å². The smallest absolute Gasteiger partial charge is 0.325 e. The fourth-order valence-electron chi connectivity index (χ4n) is 4.31. The standard InChI is InChI=1S/C22H23ClF3N3O2/c1-28-13-16(11-17(23)21(28)30)15-7-8-18-19(12-15)29(9-10-31-22(24,25)26)20(27-18)14-5-3-2-4-6-14/h7-8,11-14H,2-6,9-10H2,1H3. The number of fused-ring (bicyclic) bond motifs is 1. The molecule has 0 aliphatic heterocycles. The molecule has 1 saturated carbocycles. The van der Waals surface area contributed by atoms with Crippen LogP contribution in [0.1, 0.15) is 43.8 Å². The number of hydrogen-bond donors (Lipinski definition) is 0. The van der Waals surface area contributed by atoms with Crippen LogP contribution in [0, 0.1) is 0 Å². The van der Waals surface area contributed by atoms with E-state index < -0.39 is 13.0 Å². The Morgan fingerprint density at radius 2 is 1.90 bits per heavy atom. The van der Waals surface area contributed by atoms with Gasteiger partial charge in [0.25, 0.3) is 5.56 Å². The molecular formula is C22H23ClF3N3O2. The lowest BCUT2D eigenvalue weighted by molar-refractivity contribution is -0.325. The molecule has 0 atom stereocenters. The molecule has 166 valence electrons. The van der Waals surface area contributed by atoms with Crippen LogP contribution in [0.15, 0.2) is 35.3 Å². The second-order valence-corrected chi connectivity index (χ2v) is 8.35. The first-order valence-electron chi connectivity index (χ1n) is 10.3. The van der Waals surface area contributed by atoms with Gasteiger partial charge in [0.1, 0.15) is 10.8 Å². The van der Waals surface area contributed by atoms with Crippen molar-refractivity contribution in [2.75, 3.05) is 6.61 Å². The Morgan fingerprint density at radius 1 is 1.16 bits per heavy atom. The van der Waals surface area contributed by atoms with Crippen LogP contribution in [0.25, 0.3) is 22.2 Å². The number of ether oxygens (including phenoxy) is 1. The van der Waals surface area contributed by atoms with Gasteiger partial charge >= 0.3 is 6.36 Å². The molecule has 1 aliphatic rings. The van der Waals surface area contributed by atoms with E-state index in [1.54, 1.807) is 19.3 Å². The van der Waals surface area contributed by atoms with E-state index in [-0.39, 0.29) is 23.0 Å². The predicted molar refractivity (Wildman–Crippen MR) is 113 cm³/mol. The van der Waals surface area contributed by atoms with Gasteiger partial charge in [0.15, 0.2) is 0 Å². The topological polar surface area (TPSA) is 49.0 Å². The van der Waals surface area contributed by atoms with Crippen LogP contribution in [0.3, 0.4) is 0 Å². The first-order chi connectivity index (χ1) is 14.7. The van der Waals surface area contributed by atoms with E-state index in [0.717, 1.165) is 53.7 Å². The van der Waals surface area contributed by atoms with Crippen LogP contribution in [-0.2, 0) is 18.3 Å². The third kappa shape index (κ3) is 4.80. The summed E-state index contributed by atoms with van der Waals surface area (Å²) in [6, 6.07) is 7.22. The van der Waals surface area contributed by atoms with Gasteiger partial charge in [-0.3, -0.25) is 9.53 Å². The van der Waals surface area contributed by atoms with E-state index in [9.17, 15) is 18.0 Å². The number of aromatic nitrogens is 3. The number of alkyl halides is 3. The minimum Gasteiger partial charge on any atom is -0.325 e. The summed E-state index contributed by atoms with van der Waals surface area (Å²) in [5.74, 6) is 1.04.